The Balaban J connectivity index is 1.50. The molecule has 174 valence electrons. The number of aryl methyl sites for hydroxylation is 2. The summed E-state index contributed by atoms with van der Waals surface area (Å²) in [6.07, 6.45) is 2.38. The molecule has 7 nitrogen and oxygen atoms in total. The van der Waals surface area contributed by atoms with Gasteiger partial charge >= 0.3 is 0 Å². The van der Waals surface area contributed by atoms with Crippen LogP contribution in [0.5, 0.6) is 0 Å². The van der Waals surface area contributed by atoms with Crippen LogP contribution in [-0.4, -0.2) is 78.5 Å². The summed E-state index contributed by atoms with van der Waals surface area (Å²) in [5, 5.41) is 5.12. The van der Waals surface area contributed by atoms with Crippen molar-refractivity contribution in [3.05, 3.63) is 45.2 Å². The van der Waals surface area contributed by atoms with E-state index in [0.717, 1.165) is 80.9 Å². The van der Waals surface area contributed by atoms with Crippen LogP contribution >= 0.6 is 12.2 Å². The van der Waals surface area contributed by atoms with E-state index in [1.165, 1.54) is 5.56 Å². The van der Waals surface area contributed by atoms with Crippen molar-refractivity contribution in [2.24, 2.45) is 0 Å². The smallest absolute Gasteiger partial charge is 0.253 e. The van der Waals surface area contributed by atoms with Gasteiger partial charge in [-0.05, 0) is 62.0 Å². The minimum Gasteiger partial charge on any atom is -0.379 e. The highest BCUT2D eigenvalue weighted by Gasteiger charge is 2.19. The highest BCUT2D eigenvalue weighted by molar-refractivity contribution is 7.80. The molecule has 2 aliphatic heterocycles. The number of H-pyrrole nitrogens is 1. The van der Waals surface area contributed by atoms with Crippen LogP contribution in [0.2, 0.25) is 0 Å². The Kier molecular flexibility index (Phi) is 7.78. The second-order valence-electron chi connectivity index (χ2n) is 8.87. The normalized spacial score (nSPS) is 19.4. The van der Waals surface area contributed by atoms with Crippen molar-refractivity contribution in [3.63, 3.8) is 0 Å². The number of benzene rings is 1. The Hall–Kier alpha value is -2.00. The van der Waals surface area contributed by atoms with Gasteiger partial charge in [0.2, 0.25) is 0 Å². The molecule has 1 atom stereocenters. The number of nitrogens with zero attached hydrogens (tertiary/aromatic N) is 2. The third kappa shape index (κ3) is 5.86. The average molecular weight is 459 g/mol. The molecule has 0 amide bonds. The maximum atomic E-state index is 12.9. The van der Waals surface area contributed by atoms with Crippen LogP contribution in [0.15, 0.2) is 23.0 Å². The molecule has 8 heteroatoms. The molecule has 3 heterocycles. The van der Waals surface area contributed by atoms with Gasteiger partial charge in [-0.3, -0.25) is 9.69 Å². The van der Waals surface area contributed by atoms with E-state index in [2.05, 4.69) is 39.2 Å². The fourth-order valence-corrected chi connectivity index (χ4v) is 4.75. The minimum absolute atomic E-state index is 0.0530. The minimum atomic E-state index is -0.0530. The number of rotatable bonds is 7. The zero-order valence-electron chi connectivity index (χ0n) is 19.1. The number of aromatic nitrogens is 1. The maximum Gasteiger partial charge on any atom is 0.253 e. The van der Waals surface area contributed by atoms with Gasteiger partial charge in [-0.15, -0.1) is 0 Å². The summed E-state index contributed by atoms with van der Waals surface area (Å²) in [4.78, 5) is 20.5. The first-order valence-electron chi connectivity index (χ1n) is 11.6. The number of hydrogen-bond donors (Lipinski definition) is 2. The van der Waals surface area contributed by atoms with Crippen LogP contribution < -0.4 is 10.9 Å². The molecule has 2 fully saturated rings. The zero-order chi connectivity index (χ0) is 22.5. The largest absolute Gasteiger partial charge is 0.379 e. The zero-order valence-corrected chi connectivity index (χ0v) is 19.9. The summed E-state index contributed by atoms with van der Waals surface area (Å²) in [6, 6.07) is 6.23. The Bertz CT molecular complexity index is 997. The average Bonchev–Trinajstić information content (AvgIpc) is 3.30. The molecule has 1 unspecified atom stereocenters. The summed E-state index contributed by atoms with van der Waals surface area (Å²) in [6.45, 7) is 11.1. The highest BCUT2D eigenvalue weighted by atomic mass is 32.1. The van der Waals surface area contributed by atoms with Crippen molar-refractivity contribution in [2.45, 2.75) is 39.3 Å². The summed E-state index contributed by atoms with van der Waals surface area (Å²) in [5.41, 5.74) is 3.85. The summed E-state index contributed by atoms with van der Waals surface area (Å²) < 4.78 is 11.2. The van der Waals surface area contributed by atoms with Crippen LogP contribution in [0.4, 0.5) is 0 Å². The van der Waals surface area contributed by atoms with E-state index in [0.29, 0.717) is 18.2 Å². The number of ether oxygens (including phenoxy) is 2. The first-order valence-corrected chi connectivity index (χ1v) is 12.0. The number of pyridine rings is 1. The summed E-state index contributed by atoms with van der Waals surface area (Å²) in [7, 11) is 0. The molecule has 1 aromatic carbocycles. The molecule has 1 aromatic heterocycles. The predicted molar refractivity (Wildman–Crippen MR) is 131 cm³/mol. The first kappa shape index (κ1) is 23.2. The molecular weight excluding hydrogens is 424 g/mol. The van der Waals surface area contributed by atoms with Crippen molar-refractivity contribution >= 4 is 28.2 Å². The highest BCUT2D eigenvalue weighted by Crippen LogP contribution is 2.19. The van der Waals surface area contributed by atoms with Crippen LogP contribution in [0.25, 0.3) is 10.9 Å². The van der Waals surface area contributed by atoms with Gasteiger partial charge in [0, 0.05) is 44.9 Å². The standard InChI is InChI=1S/C24H34N4O3S/c1-17-12-18(2)22-19(13-17)14-20(23(29)26-22)16-28(6-5-27-7-10-30-11-8-27)24(32)25-15-21-4-3-9-31-21/h12-14,21H,3-11,15-16H2,1-2H3,(H,25,32)(H,26,29). The lowest BCUT2D eigenvalue weighted by molar-refractivity contribution is 0.0356. The van der Waals surface area contributed by atoms with Crippen LogP contribution in [0.1, 0.15) is 29.5 Å². The molecule has 2 aromatic rings. The second kappa shape index (κ2) is 10.7. The van der Waals surface area contributed by atoms with Gasteiger partial charge in [0.15, 0.2) is 5.11 Å². The lowest BCUT2D eigenvalue weighted by atomic mass is 10.1. The lowest BCUT2D eigenvalue weighted by Crippen LogP contribution is -2.47. The van der Waals surface area contributed by atoms with Crippen molar-refractivity contribution < 1.29 is 9.47 Å². The third-order valence-corrected chi connectivity index (χ3v) is 6.72. The van der Waals surface area contributed by atoms with E-state index in [-0.39, 0.29) is 11.7 Å². The number of hydrogen-bond acceptors (Lipinski definition) is 5. The molecule has 4 rings (SSSR count). The van der Waals surface area contributed by atoms with Crippen molar-refractivity contribution in [3.8, 4) is 0 Å². The van der Waals surface area contributed by atoms with E-state index in [4.69, 9.17) is 21.7 Å². The molecule has 0 saturated carbocycles. The van der Waals surface area contributed by atoms with Gasteiger partial charge in [-0.25, -0.2) is 0 Å². The van der Waals surface area contributed by atoms with Gasteiger partial charge in [0.05, 0.1) is 31.4 Å². The van der Waals surface area contributed by atoms with Gasteiger partial charge in [-0.1, -0.05) is 11.6 Å². The Labute approximate surface area is 195 Å². The third-order valence-electron chi connectivity index (χ3n) is 6.31. The molecule has 2 N–H and O–H groups in total. The molecule has 0 radical (unpaired) electrons. The van der Waals surface area contributed by atoms with Gasteiger partial charge in [0.25, 0.3) is 5.56 Å². The molecule has 2 aliphatic rings. The predicted octanol–water partition coefficient (Wildman–Crippen LogP) is 2.33. The Morgan fingerprint density at radius 3 is 2.81 bits per heavy atom. The van der Waals surface area contributed by atoms with Gasteiger partial charge in [0.1, 0.15) is 0 Å². The van der Waals surface area contributed by atoms with Crippen molar-refractivity contribution in [1.29, 1.82) is 0 Å². The van der Waals surface area contributed by atoms with Crippen LogP contribution in [0, 0.1) is 13.8 Å². The summed E-state index contributed by atoms with van der Waals surface area (Å²) >= 11 is 5.76. The van der Waals surface area contributed by atoms with E-state index < -0.39 is 0 Å². The van der Waals surface area contributed by atoms with Crippen LogP contribution in [0.3, 0.4) is 0 Å². The number of fused-ring (bicyclic) bond motifs is 1. The van der Waals surface area contributed by atoms with E-state index in [1.807, 2.05) is 13.0 Å². The van der Waals surface area contributed by atoms with E-state index >= 15 is 0 Å². The van der Waals surface area contributed by atoms with E-state index in [1.54, 1.807) is 0 Å². The Morgan fingerprint density at radius 1 is 1.25 bits per heavy atom. The Morgan fingerprint density at radius 2 is 2.06 bits per heavy atom. The molecule has 0 spiro atoms. The molecule has 0 bridgehead atoms. The first-order chi connectivity index (χ1) is 15.5. The van der Waals surface area contributed by atoms with E-state index in [9.17, 15) is 4.79 Å². The fraction of sp³-hybridized carbons (Fsp3) is 0.583. The molecule has 32 heavy (non-hydrogen) atoms. The fourth-order valence-electron chi connectivity index (χ4n) is 4.51. The lowest BCUT2D eigenvalue weighted by Gasteiger charge is -2.31. The van der Waals surface area contributed by atoms with Crippen LogP contribution in [-0.2, 0) is 16.0 Å². The molecular formula is C24H34N4O3S. The van der Waals surface area contributed by atoms with Gasteiger partial charge < -0.3 is 24.7 Å². The number of morpholine rings is 1. The van der Waals surface area contributed by atoms with Crippen molar-refractivity contribution in [1.82, 2.24) is 20.1 Å². The number of thiocarbonyl (C=S) groups is 1. The molecule has 0 aliphatic carbocycles. The topological polar surface area (TPSA) is 69.8 Å². The maximum absolute atomic E-state index is 12.9. The van der Waals surface area contributed by atoms with Gasteiger partial charge in [-0.2, -0.15) is 0 Å². The van der Waals surface area contributed by atoms with Crippen molar-refractivity contribution in [2.75, 3.05) is 52.5 Å². The number of nitrogens with one attached hydrogen (secondary N) is 2. The quantitative estimate of drug-likeness (QED) is 0.617. The monoisotopic (exact) mass is 458 g/mol. The SMILES string of the molecule is Cc1cc(C)c2[nH]c(=O)c(CN(CCN3CCOCC3)C(=S)NCC3CCCO3)cc2c1. The molecule has 2 saturated heterocycles. The summed E-state index contributed by atoms with van der Waals surface area (Å²) in [5.74, 6) is 0. The second-order valence-corrected chi connectivity index (χ2v) is 9.25. The number of aromatic amines is 1.